The molecule has 0 bridgehead atoms. The molecule has 5 heteroatoms. The van der Waals surface area contributed by atoms with Crippen molar-refractivity contribution >= 4 is 23.3 Å². The lowest BCUT2D eigenvalue weighted by atomic mass is 10.4. The summed E-state index contributed by atoms with van der Waals surface area (Å²) in [5.41, 5.74) is 6.28. The van der Waals surface area contributed by atoms with Crippen molar-refractivity contribution < 1.29 is 4.74 Å². The average molecular weight is 251 g/mol. The first kappa shape index (κ1) is 13.5. The minimum Gasteiger partial charge on any atom is -0.476 e. The summed E-state index contributed by atoms with van der Waals surface area (Å²) in [5, 5.41) is 3.19. The van der Waals surface area contributed by atoms with Gasteiger partial charge in [-0.2, -0.15) is 4.98 Å². The number of hydrogen-bond acceptors (Lipinski definition) is 5. The third kappa shape index (κ3) is 4.87. The van der Waals surface area contributed by atoms with E-state index < -0.39 is 0 Å². The van der Waals surface area contributed by atoms with Crippen molar-refractivity contribution in [2.45, 2.75) is 6.92 Å². The summed E-state index contributed by atoms with van der Waals surface area (Å²) in [4.78, 5) is 4.27. The van der Waals surface area contributed by atoms with E-state index in [1.807, 2.05) is 13.0 Å². The van der Waals surface area contributed by atoms with Crippen LogP contribution in [0.15, 0.2) is 12.1 Å². The summed E-state index contributed by atoms with van der Waals surface area (Å²) in [7, 11) is 0. The number of pyridine rings is 1. The maximum atomic E-state index is 5.73. The number of nitrogen functional groups attached to an aromatic ring is 1. The van der Waals surface area contributed by atoms with E-state index in [0.717, 1.165) is 23.9 Å². The zero-order valence-corrected chi connectivity index (χ0v) is 10.7. The van der Waals surface area contributed by atoms with Gasteiger partial charge in [-0.3, -0.25) is 0 Å². The Bertz CT molecular complexity index is 390. The average Bonchev–Trinajstić information content (AvgIpc) is 2.33. The molecule has 0 fully saturated rings. The first-order valence-corrected chi connectivity index (χ1v) is 6.57. The minimum absolute atomic E-state index is 0.480. The quantitative estimate of drug-likeness (QED) is 0.572. The van der Waals surface area contributed by atoms with E-state index in [2.05, 4.69) is 16.2 Å². The Morgan fingerprint density at radius 3 is 3.12 bits per heavy atom. The number of ether oxygens (including phenoxy) is 1. The molecule has 1 aromatic rings. The van der Waals surface area contributed by atoms with Crippen molar-refractivity contribution in [3.8, 4) is 18.2 Å². The van der Waals surface area contributed by atoms with Crippen LogP contribution in [0.4, 0.5) is 11.5 Å². The van der Waals surface area contributed by atoms with Crippen LogP contribution in [0.2, 0.25) is 0 Å². The second-order valence-corrected chi connectivity index (χ2v) is 4.31. The van der Waals surface area contributed by atoms with Crippen LogP contribution in [0.3, 0.4) is 0 Å². The molecule has 1 aromatic heterocycles. The fourth-order valence-electron chi connectivity index (χ4n) is 1.18. The van der Waals surface area contributed by atoms with E-state index in [-0.39, 0.29) is 0 Å². The van der Waals surface area contributed by atoms with E-state index >= 15 is 0 Å². The normalized spacial score (nSPS) is 9.65. The van der Waals surface area contributed by atoms with Crippen molar-refractivity contribution in [1.29, 1.82) is 0 Å². The highest BCUT2D eigenvalue weighted by Crippen LogP contribution is 2.20. The molecule has 0 aliphatic heterocycles. The molecule has 0 saturated carbocycles. The van der Waals surface area contributed by atoms with Gasteiger partial charge in [-0.05, 0) is 19.1 Å². The van der Waals surface area contributed by atoms with Crippen LogP contribution in [-0.4, -0.2) is 29.6 Å². The molecule has 17 heavy (non-hydrogen) atoms. The lowest BCUT2D eigenvalue weighted by Gasteiger charge is -2.09. The molecule has 1 heterocycles. The van der Waals surface area contributed by atoms with E-state index in [4.69, 9.17) is 16.9 Å². The van der Waals surface area contributed by atoms with Gasteiger partial charge in [0, 0.05) is 12.3 Å². The monoisotopic (exact) mass is 251 g/mol. The molecule has 4 nitrogen and oxygen atoms in total. The van der Waals surface area contributed by atoms with Gasteiger partial charge in [0.15, 0.2) is 0 Å². The zero-order valence-electron chi connectivity index (χ0n) is 9.90. The van der Waals surface area contributed by atoms with Crippen LogP contribution in [0.5, 0.6) is 5.88 Å². The molecule has 1 rings (SSSR count). The van der Waals surface area contributed by atoms with Gasteiger partial charge in [-0.15, -0.1) is 18.2 Å². The molecular weight excluding hydrogens is 234 g/mol. The molecule has 0 atom stereocenters. The Morgan fingerprint density at radius 1 is 1.59 bits per heavy atom. The number of anilines is 2. The molecule has 0 unspecified atom stereocenters. The number of nitrogens with zero attached hydrogens (tertiary/aromatic N) is 1. The highest BCUT2D eigenvalue weighted by Gasteiger charge is 2.02. The molecule has 3 N–H and O–H groups in total. The summed E-state index contributed by atoms with van der Waals surface area (Å²) in [5.74, 6) is 5.51. The van der Waals surface area contributed by atoms with Crippen molar-refractivity contribution in [2.75, 3.05) is 35.7 Å². The summed E-state index contributed by atoms with van der Waals surface area (Å²) in [6.07, 6.45) is 5.16. The van der Waals surface area contributed by atoms with Gasteiger partial charge in [0.2, 0.25) is 5.88 Å². The Hall–Kier alpha value is -1.54. The number of rotatable bonds is 7. The summed E-state index contributed by atoms with van der Waals surface area (Å²) < 4.78 is 5.31. The largest absolute Gasteiger partial charge is 0.476 e. The first-order chi connectivity index (χ1) is 8.27. The Morgan fingerprint density at radius 2 is 2.41 bits per heavy atom. The number of aromatic nitrogens is 1. The highest BCUT2D eigenvalue weighted by molar-refractivity contribution is 7.99. The summed E-state index contributed by atoms with van der Waals surface area (Å²) in [6.45, 7) is 3.27. The molecule has 0 amide bonds. The third-order valence-electron chi connectivity index (χ3n) is 1.91. The van der Waals surface area contributed by atoms with Crippen LogP contribution in [-0.2, 0) is 0 Å². The summed E-state index contributed by atoms with van der Waals surface area (Å²) >= 11 is 1.71. The number of thioether (sulfide) groups is 1. The highest BCUT2D eigenvalue weighted by atomic mass is 32.2. The SMILES string of the molecule is C#CCSCCNc1ccc(N)c(OCC)n1. The Kier molecular flexibility index (Phi) is 6.12. The lowest BCUT2D eigenvalue weighted by Crippen LogP contribution is -2.07. The van der Waals surface area contributed by atoms with Gasteiger partial charge >= 0.3 is 0 Å². The molecule has 0 aliphatic carbocycles. The molecule has 92 valence electrons. The van der Waals surface area contributed by atoms with Crippen LogP contribution in [0.1, 0.15) is 6.92 Å². The fraction of sp³-hybridized carbons (Fsp3) is 0.417. The molecule has 0 saturated heterocycles. The second kappa shape index (κ2) is 7.69. The van der Waals surface area contributed by atoms with Crippen LogP contribution in [0, 0.1) is 12.3 Å². The summed E-state index contributed by atoms with van der Waals surface area (Å²) in [6, 6.07) is 3.62. The lowest BCUT2D eigenvalue weighted by molar-refractivity contribution is 0.329. The van der Waals surface area contributed by atoms with Gasteiger partial charge in [0.05, 0.1) is 18.0 Å². The van der Waals surface area contributed by atoms with E-state index in [9.17, 15) is 0 Å². The first-order valence-electron chi connectivity index (χ1n) is 5.42. The van der Waals surface area contributed by atoms with E-state index in [0.29, 0.717) is 18.2 Å². The second-order valence-electron chi connectivity index (χ2n) is 3.21. The molecule has 0 aromatic carbocycles. The van der Waals surface area contributed by atoms with E-state index in [1.54, 1.807) is 17.8 Å². The number of hydrogen-bond donors (Lipinski definition) is 2. The number of terminal acetylenes is 1. The van der Waals surface area contributed by atoms with Crippen molar-refractivity contribution in [3.63, 3.8) is 0 Å². The van der Waals surface area contributed by atoms with Crippen molar-refractivity contribution in [1.82, 2.24) is 4.98 Å². The molecule has 0 spiro atoms. The fourth-order valence-corrected chi connectivity index (χ4v) is 1.69. The van der Waals surface area contributed by atoms with Gasteiger partial charge in [-0.1, -0.05) is 5.92 Å². The predicted octanol–water partition coefficient (Wildman–Crippen LogP) is 1.84. The van der Waals surface area contributed by atoms with Crippen molar-refractivity contribution in [3.05, 3.63) is 12.1 Å². The van der Waals surface area contributed by atoms with Gasteiger partial charge < -0.3 is 15.8 Å². The number of nitrogens with one attached hydrogen (secondary N) is 1. The van der Waals surface area contributed by atoms with Crippen molar-refractivity contribution in [2.24, 2.45) is 0 Å². The molecule has 0 aliphatic rings. The Balaban J connectivity index is 2.43. The smallest absolute Gasteiger partial charge is 0.239 e. The van der Waals surface area contributed by atoms with Crippen LogP contribution < -0.4 is 15.8 Å². The topological polar surface area (TPSA) is 60.2 Å². The third-order valence-corrected chi connectivity index (χ3v) is 2.77. The van der Waals surface area contributed by atoms with Gasteiger partial charge in [0.25, 0.3) is 0 Å². The van der Waals surface area contributed by atoms with Gasteiger partial charge in [-0.25, -0.2) is 0 Å². The van der Waals surface area contributed by atoms with Gasteiger partial charge in [0.1, 0.15) is 5.82 Å². The molecular formula is C12H17N3OS. The Labute approximate surface area is 106 Å². The maximum Gasteiger partial charge on any atom is 0.239 e. The van der Waals surface area contributed by atoms with Crippen LogP contribution in [0.25, 0.3) is 0 Å². The standard InChI is InChI=1S/C12H17N3OS/c1-3-8-17-9-7-14-11-6-5-10(13)12(15-11)16-4-2/h1,5-6H,4,7-9,13H2,2H3,(H,14,15). The van der Waals surface area contributed by atoms with Crippen LogP contribution >= 0.6 is 11.8 Å². The van der Waals surface area contributed by atoms with E-state index in [1.165, 1.54) is 0 Å². The maximum absolute atomic E-state index is 5.73. The molecule has 0 radical (unpaired) electrons. The zero-order chi connectivity index (χ0) is 12.5. The predicted molar refractivity (Wildman–Crippen MR) is 74.5 cm³/mol. The minimum atomic E-state index is 0.480. The number of nitrogens with two attached hydrogens (primary N) is 1.